The highest BCUT2D eigenvalue weighted by Crippen LogP contribution is 2.22. The molecule has 0 bridgehead atoms. The van der Waals surface area contributed by atoms with E-state index in [0.29, 0.717) is 0 Å². The van der Waals surface area contributed by atoms with E-state index in [9.17, 15) is 10.2 Å². The molecule has 0 rings (SSSR count). The molecule has 0 aliphatic carbocycles. The molecule has 0 saturated carbocycles. The molecule has 0 aromatic heterocycles. The van der Waals surface area contributed by atoms with Gasteiger partial charge in [0.2, 0.25) is 0 Å². The lowest BCUT2D eigenvalue weighted by atomic mass is 9.90. The van der Waals surface area contributed by atoms with Crippen molar-refractivity contribution in [1.29, 1.82) is 0 Å². The van der Waals surface area contributed by atoms with E-state index in [1.165, 1.54) is 0 Å². The highest BCUT2D eigenvalue weighted by atomic mass is 16.3. The highest BCUT2D eigenvalue weighted by Gasteiger charge is 2.21. The largest absolute Gasteiger partial charge is 0.390 e. The molecule has 0 amide bonds. The first-order valence-electron chi connectivity index (χ1n) is 5.71. The van der Waals surface area contributed by atoms with Crippen molar-refractivity contribution in [2.75, 3.05) is 0 Å². The average Bonchev–Trinajstić information content (AvgIpc) is 1.98. The molecule has 1 unspecified atom stereocenters. The van der Waals surface area contributed by atoms with Crippen molar-refractivity contribution in [3.05, 3.63) is 0 Å². The Morgan fingerprint density at radius 3 is 1.79 bits per heavy atom. The molecule has 0 spiro atoms. The molecule has 0 aliphatic rings. The quantitative estimate of drug-likeness (QED) is 0.666. The second kappa shape index (κ2) is 5.72. The number of hydrogen-bond donors (Lipinski definition) is 2. The van der Waals surface area contributed by atoms with Crippen LogP contribution in [0.1, 0.15) is 66.2 Å². The predicted molar refractivity (Wildman–Crippen MR) is 60.3 cm³/mol. The second-order valence-corrected chi connectivity index (χ2v) is 5.27. The minimum absolute atomic E-state index is 0.540. The third-order valence-electron chi connectivity index (χ3n) is 2.57. The molecule has 0 aromatic carbocycles. The zero-order valence-electron chi connectivity index (χ0n) is 10.1. The molecule has 0 heterocycles. The van der Waals surface area contributed by atoms with E-state index in [2.05, 4.69) is 6.92 Å². The van der Waals surface area contributed by atoms with E-state index in [0.717, 1.165) is 38.5 Å². The zero-order valence-corrected chi connectivity index (χ0v) is 10.1. The van der Waals surface area contributed by atoms with Gasteiger partial charge in [-0.25, -0.2) is 0 Å². The van der Waals surface area contributed by atoms with Crippen LogP contribution in [0.25, 0.3) is 0 Å². The van der Waals surface area contributed by atoms with Gasteiger partial charge < -0.3 is 10.2 Å². The first kappa shape index (κ1) is 13.9. The van der Waals surface area contributed by atoms with Crippen molar-refractivity contribution in [3.8, 4) is 0 Å². The Hall–Kier alpha value is -0.0800. The molecule has 86 valence electrons. The minimum Gasteiger partial charge on any atom is -0.390 e. The SMILES string of the molecule is CCCCC(C)(O)CCCC(C)(C)O. The molecule has 0 aliphatic heterocycles. The van der Waals surface area contributed by atoms with Crippen LogP contribution in [0.15, 0.2) is 0 Å². The summed E-state index contributed by atoms with van der Waals surface area (Å²) in [4.78, 5) is 0. The third kappa shape index (κ3) is 8.52. The molecule has 0 radical (unpaired) electrons. The van der Waals surface area contributed by atoms with Crippen molar-refractivity contribution < 1.29 is 10.2 Å². The molecule has 2 heteroatoms. The van der Waals surface area contributed by atoms with E-state index >= 15 is 0 Å². The number of unbranched alkanes of at least 4 members (excludes halogenated alkanes) is 1. The van der Waals surface area contributed by atoms with Crippen LogP contribution in [0.5, 0.6) is 0 Å². The Balaban J connectivity index is 3.65. The predicted octanol–water partition coefficient (Wildman–Crippen LogP) is 2.87. The summed E-state index contributed by atoms with van der Waals surface area (Å²) in [5, 5.41) is 19.5. The third-order valence-corrected chi connectivity index (χ3v) is 2.57. The van der Waals surface area contributed by atoms with Gasteiger partial charge in [-0.05, 0) is 46.5 Å². The minimum atomic E-state index is -0.596. The first-order valence-corrected chi connectivity index (χ1v) is 5.71. The normalized spacial score (nSPS) is 16.7. The Morgan fingerprint density at radius 1 is 0.857 bits per heavy atom. The summed E-state index contributed by atoms with van der Waals surface area (Å²) < 4.78 is 0. The number of hydrogen-bond acceptors (Lipinski definition) is 2. The molecule has 2 N–H and O–H groups in total. The first-order chi connectivity index (χ1) is 6.27. The molecule has 0 aromatic rings. The maximum Gasteiger partial charge on any atom is 0.0619 e. The van der Waals surface area contributed by atoms with Crippen molar-refractivity contribution in [3.63, 3.8) is 0 Å². The molecule has 14 heavy (non-hydrogen) atoms. The van der Waals surface area contributed by atoms with Gasteiger partial charge in [-0.1, -0.05) is 19.8 Å². The van der Waals surface area contributed by atoms with Crippen molar-refractivity contribution >= 4 is 0 Å². The number of rotatable bonds is 7. The van der Waals surface area contributed by atoms with E-state index in [1.807, 2.05) is 20.8 Å². The van der Waals surface area contributed by atoms with Crippen LogP contribution in [0, 0.1) is 0 Å². The van der Waals surface area contributed by atoms with Crippen LogP contribution in [0.3, 0.4) is 0 Å². The van der Waals surface area contributed by atoms with Crippen LogP contribution >= 0.6 is 0 Å². The zero-order chi connectivity index (χ0) is 11.2. The van der Waals surface area contributed by atoms with Crippen LogP contribution in [0.4, 0.5) is 0 Å². The summed E-state index contributed by atoms with van der Waals surface area (Å²) >= 11 is 0. The molecule has 1 atom stereocenters. The van der Waals surface area contributed by atoms with Crippen LogP contribution < -0.4 is 0 Å². The van der Waals surface area contributed by atoms with Crippen LogP contribution in [-0.4, -0.2) is 21.4 Å². The van der Waals surface area contributed by atoms with Crippen molar-refractivity contribution in [2.45, 2.75) is 77.4 Å². The fourth-order valence-electron chi connectivity index (χ4n) is 1.58. The fraction of sp³-hybridized carbons (Fsp3) is 1.00. The lowest BCUT2D eigenvalue weighted by Gasteiger charge is -2.25. The Labute approximate surface area is 88.3 Å². The summed E-state index contributed by atoms with van der Waals surface area (Å²) in [5.74, 6) is 0. The van der Waals surface area contributed by atoms with Gasteiger partial charge in [0.15, 0.2) is 0 Å². The van der Waals surface area contributed by atoms with E-state index in [-0.39, 0.29) is 0 Å². The standard InChI is InChI=1S/C12H26O2/c1-5-6-9-12(4,14)10-7-8-11(2,3)13/h13-14H,5-10H2,1-4H3. The van der Waals surface area contributed by atoms with Gasteiger partial charge >= 0.3 is 0 Å². The lowest BCUT2D eigenvalue weighted by Crippen LogP contribution is -2.26. The van der Waals surface area contributed by atoms with Gasteiger partial charge in [-0.15, -0.1) is 0 Å². The molecule has 0 fully saturated rings. The number of aliphatic hydroxyl groups is 2. The Kier molecular flexibility index (Phi) is 5.68. The summed E-state index contributed by atoms with van der Waals surface area (Å²) in [7, 11) is 0. The lowest BCUT2D eigenvalue weighted by molar-refractivity contribution is 0.0224. The maximum atomic E-state index is 9.96. The summed E-state index contributed by atoms with van der Waals surface area (Å²) in [6.07, 6.45) is 5.51. The molecule has 2 nitrogen and oxygen atoms in total. The van der Waals surface area contributed by atoms with Crippen LogP contribution in [0.2, 0.25) is 0 Å². The van der Waals surface area contributed by atoms with Gasteiger partial charge in [0.25, 0.3) is 0 Å². The summed E-state index contributed by atoms with van der Waals surface area (Å²) in [5.41, 5.74) is -1.14. The Bertz CT molecular complexity index is 145. The Morgan fingerprint density at radius 2 is 1.36 bits per heavy atom. The van der Waals surface area contributed by atoms with Gasteiger partial charge in [-0.2, -0.15) is 0 Å². The van der Waals surface area contributed by atoms with E-state index in [4.69, 9.17) is 0 Å². The maximum absolute atomic E-state index is 9.96. The summed E-state index contributed by atoms with van der Waals surface area (Å²) in [6.45, 7) is 7.65. The molecule has 0 saturated heterocycles. The second-order valence-electron chi connectivity index (χ2n) is 5.27. The molecular formula is C12H26O2. The van der Waals surface area contributed by atoms with Crippen molar-refractivity contribution in [2.24, 2.45) is 0 Å². The van der Waals surface area contributed by atoms with Crippen molar-refractivity contribution in [1.82, 2.24) is 0 Å². The monoisotopic (exact) mass is 202 g/mol. The summed E-state index contributed by atoms with van der Waals surface area (Å²) in [6, 6.07) is 0. The topological polar surface area (TPSA) is 40.5 Å². The van der Waals surface area contributed by atoms with Gasteiger partial charge in [0.05, 0.1) is 11.2 Å². The smallest absolute Gasteiger partial charge is 0.0619 e. The van der Waals surface area contributed by atoms with Gasteiger partial charge in [-0.3, -0.25) is 0 Å². The van der Waals surface area contributed by atoms with Gasteiger partial charge in [0.1, 0.15) is 0 Å². The fourth-order valence-corrected chi connectivity index (χ4v) is 1.58. The van der Waals surface area contributed by atoms with Crippen LogP contribution in [-0.2, 0) is 0 Å². The van der Waals surface area contributed by atoms with Gasteiger partial charge in [0, 0.05) is 0 Å². The van der Waals surface area contributed by atoms with E-state index < -0.39 is 11.2 Å². The van der Waals surface area contributed by atoms with E-state index in [1.54, 1.807) is 0 Å². The average molecular weight is 202 g/mol. The highest BCUT2D eigenvalue weighted by molar-refractivity contribution is 4.74. The molecular weight excluding hydrogens is 176 g/mol.